The van der Waals surface area contributed by atoms with E-state index >= 15 is 0 Å². The number of hydrogen-bond acceptors (Lipinski definition) is 6. The number of pyridine rings is 1. The van der Waals surface area contributed by atoms with E-state index in [1.165, 1.54) is 23.1 Å². The van der Waals surface area contributed by atoms with E-state index in [-0.39, 0.29) is 41.8 Å². The highest BCUT2D eigenvalue weighted by atomic mass is 19.4. The Balaban J connectivity index is 1.17. The van der Waals surface area contributed by atoms with Crippen LogP contribution in [0.1, 0.15) is 27.4 Å². The van der Waals surface area contributed by atoms with E-state index in [9.17, 15) is 27.2 Å². The molecule has 0 bridgehead atoms. The molecule has 13 heteroatoms. The van der Waals surface area contributed by atoms with Gasteiger partial charge in [0.2, 0.25) is 5.82 Å². The minimum absolute atomic E-state index is 0.0491. The summed E-state index contributed by atoms with van der Waals surface area (Å²) in [5.41, 5.74) is 0.993. The third kappa shape index (κ3) is 4.74. The number of aromatic nitrogens is 5. The van der Waals surface area contributed by atoms with Crippen molar-refractivity contribution < 1.29 is 22.4 Å². The number of nitrogens with zero attached hydrogens (tertiary/aromatic N) is 5. The standard InChI is InChI=1S/C27H21F4N7O2/c28-19-6-5-15(14-21-16-3-1-2-4-17(16)24(39)36-35-21)13-18(19)25(40)38-11-9-37(10-12-38)22-8-7-20-23(33-22)34-26(32-20)27(29,30)31/h1-8,13H,9-12,14H2,(H,36,39)(H,32,33,34). The number of halogens is 4. The highest BCUT2D eigenvalue weighted by Gasteiger charge is 2.35. The van der Waals surface area contributed by atoms with E-state index in [1.54, 1.807) is 36.4 Å². The molecule has 0 unspecified atom stereocenters. The third-order valence-electron chi connectivity index (χ3n) is 6.90. The van der Waals surface area contributed by atoms with Gasteiger partial charge in [0.15, 0.2) is 5.65 Å². The van der Waals surface area contributed by atoms with Crippen LogP contribution in [0.5, 0.6) is 0 Å². The lowest BCUT2D eigenvalue weighted by Crippen LogP contribution is -2.49. The Morgan fingerprint density at radius 2 is 1.70 bits per heavy atom. The number of benzene rings is 2. The van der Waals surface area contributed by atoms with Crippen LogP contribution in [0.3, 0.4) is 0 Å². The molecule has 204 valence electrons. The summed E-state index contributed by atoms with van der Waals surface area (Å²) in [6.45, 7) is 1.25. The molecule has 1 amide bonds. The summed E-state index contributed by atoms with van der Waals surface area (Å²) in [7, 11) is 0. The summed E-state index contributed by atoms with van der Waals surface area (Å²) in [6.07, 6.45) is -4.33. The van der Waals surface area contributed by atoms with E-state index in [4.69, 9.17) is 0 Å². The second-order valence-corrected chi connectivity index (χ2v) is 9.44. The van der Waals surface area contributed by atoms with Crippen molar-refractivity contribution in [3.8, 4) is 0 Å². The van der Waals surface area contributed by atoms with E-state index in [0.717, 1.165) is 0 Å². The predicted octanol–water partition coefficient (Wildman–Crippen LogP) is 3.91. The molecule has 2 aromatic carbocycles. The highest BCUT2D eigenvalue weighted by Crippen LogP contribution is 2.29. The molecular weight excluding hydrogens is 530 g/mol. The number of nitrogens with one attached hydrogen (secondary N) is 2. The number of hydrogen-bond donors (Lipinski definition) is 2. The van der Waals surface area contributed by atoms with Crippen molar-refractivity contribution in [2.45, 2.75) is 12.6 Å². The summed E-state index contributed by atoms with van der Waals surface area (Å²) in [5, 5.41) is 7.80. The average molecular weight is 552 g/mol. The van der Waals surface area contributed by atoms with Gasteiger partial charge >= 0.3 is 6.18 Å². The molecule has 0 aliphatic carbocycles. The van der Waals surface area contributed by atoms with Gasteiger partial charge in [-0.05, 0) is 35.9 Å². The number of imidazole rings is 1. The summed E-state index contributed by atoms with van der Waals surface area (Å²) in [6, 6.07) is 14.4. The van der Waals surface area contributed by atoms with Gasteiger partial charge in [0.25, 0.3) is 11.5 Å². The number of H-pyrrole nitrogens is 2. The number of piperazine rings is 1. The lowest BCUT2D eigenvalue weighted by Gasteiger charge is -2.35. The maximum Gasteiger partial charge on any atom is 0.449 e. The van der Waals surface area contributed by atoms with Gasteiger partial charge in [0.1, 0.15) is 11.6 Å². The van der Waals surface area contributed by atoms with Crippen LogP contribution in [0.2, 0.25) is 0 Å². The molecule has 4 heterocycles. The zero-order chi connectivity index (χ0) is 28.0. The number of fused-ring (bicyclic) bond motifs is 2. The first kappa shape index (κ1) is 25.5. The maximum atomic E-state index is 14.8. The van der Waals surface area contributed by atoms with Crippen molar-refractivity contribution >= 4 is 33.7 Å². The monoisotopic (exact) mass is 551 g/mol. The van der Waals surface area contributed by atoms with Crippen molar-refractivity contribution in [3.05, 3.63) is 93.4 Å². The number of carbonyl (C=O) groups excluding carboxylic acids is 1. The second kappa shape index (κ2) is 9.74. The topological polar surface area (TPSA) is 111 Å². The van der Waals surface area contributed by atoms with Crippen LogP contribution in [0.15, 0.2) is 59.4 Å². The number of carbonyl (C=O) groups is 1. The molecule has 5 aromatic rings. The number of alkyl halides is 3. The van der Waals surface area contributed by atoms with Gasteiger partial charge in [0.05, 0.1) is 22.2 Å². The largest absolute Gasteiger partial charge is 0.449 e. The van der Waals surface area contributed by atoms with Crippen LogP contribution < -0.4 is 10.5 Å². The Kier molecular flexibility index (Phi) is 6.20. The Morgan fingerprint density at radius 1 is 0.950 bits per heavy atom. The minimum Gasteiger partial charge on any atom is -0.353 e. The Bertz CT molecular complexity index is 1810. The van der Waals surface area contributed by atoms with Crippen molar-refractivity contribution in [1.29, 1.82) is 0 Å². The fourth-order valence-electron chi connectivity index (χ4n) is 4.85. The van der Waals surface area contributed by atoms with Gasteiger partial charge in [-0.3, -0.25) is 9.59 Å². The molecule has 2 N–H and O–H groups in total. The molecule has 1 fully saturated rings. The molecule has 1 saturated heterocycles. The average Bonchev–Trinajstić information content (AvgIpc) is 3.40. The van der Waals surface area contributed by atoms with E-state index in [0.29, 0.717) is 40.9 Å². The number of rotatable bonds is 4. The van der Waals surface area contributed by atoms with Crippen LogP contribution in [0.4, 0.5) is 23.4 Å². The van der Waals surface area contributed by atoms with E-state index in [1.807, 2.05) is 4.90 Å². The molecule has 0 radical (unpaired) electrons. The number of anilines is 1. The summed E-state index contributed by atoms with van der Waals surface area (Å²) in [4.78, 5) is 38.7. The van der Waals surface area contributed by atoms with Gasteiger partial charge in [-0.15, -0.1) is 0 Å². The van der Waals surface area contributed by atoms with Gasteiger partial charge in [-0.25, -0.2) is 19.5 Å². The normalized spacial score (nSPS) is 14.3. The Labute approximate surface area is 223 Å². The molecule has 6 rings (SSSR count). The summed E-state index contributed by atoms with van der Waals surface area (Å²) < 4.78 is 53.7. The molecule has 0 atom stereocenters. The zero-order valence-electron chi connectivity index (χ0n) is 20.8. The van der Waals surface area contributed by atoms with Crippen LogP contribution in [0, 0.1) is 5.82 Å². The lowest BCUT2D eigenvalue weighted by molar-refractivity contribution is -0.144. The second-order valence-electron chi connectivity index (χ2n) is 9.44. The quantitative estimate of drug-likeness (QED) is 0.328. The molecule has 40 heavy (non-hydrogen) atoms. The van der Waals surface area contributed by atoms with Crippen LogP contribution in [-0.2, 0) is 12.6 Å². The molecular formula is C27H21F4N7O2. The molecule has 0 saturated carbocycles. The first-order valence-corrected chi connectivity index (χ1v) is 12.4. The van der Waals surface area contributed by atoms with Gasteiger partial charge in [-0.1, -0.05) is 24.3 Å². The molecule has 1 aliphatic heterocycles. The molecule has 3 aromatic heterocycles. The SMILES string of the molecule is O=C(c1cc(Cc2n[nH]c(=O)c3ccccc23)ccc1F)N1CCN(c2ccc3[nH]c(C(F)(F)F)nc3n2)CC1. The van der Waals surface area contributed by atoms with Gasteiger partial charge in [0, 0.05) is 38.0 Å². The lowest BCUT2D eigenvalue weighted by atomic mass is 10.0. The fraction of sp³-hybridized carbons (Fsp3) is 0.222. The summed E-state index contributed by atoms with van der Waals surface area (Å²) >= 11 is 0. The Hall–Kier alpha value is -4.81. The van der Waals surface area contributed by atoms with Crippen molar-refractivity contribution in [2.24, 2.45) is 0 Å². The van der Waals surface area contributed by atoms with Crippen molar-refractivity contribution in [1.82, 2.24) is 30.0 Å². The number of amides is 1. The molecule has 9 nitrogen and oxygen atoms in total. The Morgan fingerprint density at radius 3 is 2.45 bits per heavy atom. The number of aromatic amines is 2. The summed E-state index contributed by atoms with van der Waals surface area (Å²) in [5.74, 6) is -1.80. The van der Waals surface area contributed by atoms with Gasteiger partial charge in [-0.2, -0.15) is 18.3 Å². The van der Waals surface area contributed by atoms with Crippen LogP contribution in [0.25, 0.3) is 21.9 Å². The minimum atomic E-state index is -4.61. The van der Waals surface area contributed by atoms with Crippen LogP contribution in [-0.4, -0.2) is 62.1 Å². The first-order chi connectivity index (χ1) is 19.2. The maximum absolute atomic E-state index is 14.8. The fourth-order valence-corrected chi connectivity index (χ4v) is 4.85. The third-order valence-corrected chi connectivity index (χ3v) is 6.90. The predicted molar refractivity (Wildman–Crippen MR) is 139 cm³/mol. The molecule has 1 aliphatic rings. The highest BCUT2D eigenvalue weighted by molar-refractivity contribution is 5.95. The zero-order valence-corrected chi connectivity index (χ0v) is 20.8. The molecule has 0 spiro atoms. The van der Waals surface area contributed by atoms with Gasteiger partial charge < -0.3 is 14.8 Å². The van der Waals surface area contributed by atoms with Crippen molar-refractivity contribution in [2.75, 3.05) is 31.1 Å². The van der Waals surface area contributed by atoms with E-state index < -0.39 is 23.7 Å². The van der Waals surface area contributed by atoms with E-state index in [2.05, 4.69) is 25.1 Å². The first-order valence-electron chi connectivity index (χ1n) is 12.4. The van der Waals surface area contributed by atoms with Crippen molar-refractivity contribution in [3.63, 3.8) is 0 Å². The smallest absolute Gasteiger partial charge is 0.353 e. The van der Waals surface area contributed by atoms with Crippen LogP contribution >= 0.6 is 0 Å².